The second-order valence-electron chi connectivity index (χ2n) is 9.14. The van der Waals surface area contributed by atoms with Gasteiger partial charge in [-0.05, 0) is 49.4 Å². The molecule has 24 heavy (non-hydrogen) atoms. The zero-order valence-corrected chi connectivity index (χ0v) is 16.5. The minimum Gasteiger partial charge on any atom is -0.303 e. The summed E-state index contributed by atoms with van der Waals surface area (Å²) in [4.78, 5) is 10.8. The normalized spacial score (nSPS) is 34.2. The highest BCUT2D eigenvalue weighted by atomic mass is 16.1. The van der Waals surface area contributed by atoms with E-state index in [0.29, 0.717) is 5.92 Å². The van der Waals surface area contributed by atoms with Gasteiger partial charge in [0.2, 0.25) is 0 Å². The number of unbranched alkanes of at least 4 members (excludes halogenated alkanes) is 5. The fourth-order valence-electron chi connectivity index (χ4n) is 5.26. The Labute approximate surface area is 151 Å². The molecule has 0 aromatic carbocycles. The largest absolute Gasteiger partial charge is 0.303 e. The summed E-state index contributed by atoms with van der Waals surface area (Å²) in [6.07, 6.45) is 22.2. The molecule has 2 fully saturated rings. The predicted octanol–water partition coefficient (Wildman–Crippen LogP) is 7.18. The van der Waals surface area contributed by atoms with Gasteiger partial charge in [-0.3, -0.25) is 0 Å². The molecule has 0 aromatic rings. The topological polar surface area (TPSA) is 17.1 Å². The maximum atomic E-state index is 10.8. The summed E-state index contributed by atoms with van der Waals surface area (Å²) in [6, 6.07) is 0. The Morgan fingerprint density at radius 3 is 2.04 bits per heavy atom. The molecule has 0 heterocycles. The molecule has 0 amide bonds. The smallest absolute Gasteiger partial charge is 0.123 e. The molecule has 2 aliphatic rings. The average Bonchev–Trinajstić information content (AvgIpc) is 2.61. The molecule has 0 saturated heterocycles. The van der Waals surface area contributed by atoms with Crippen LogP contribution in [0, 0.1) is 29.6 Å². The SMILES string of the molecule is CC1CCCC(CCCCCCCCC2CCC(C=O)CC2)C1C. The molecule has 0 radical (unpaired) electrons. The fourth-order valence-corrected chi connectivity index (χ4v) is 5.26. The summed E-state index contributed by atoms with van der Waals surface area (Å²) in [5.41, 5.74) is 0. The van der Waals surface area contributed by atoms with Crippen molar-refractivity contribution < 1.29 is 4.79 Å². The van der Waals surface area contributed by atoms with Crippen LogP contribution in [-0.2, 0) is 4.79 Å². The Morgan fingerprint density at radius 2 is 1.38 bits per heavy atom. The molecular formula is C23H42O. The summed E-state index contributed by atoms with van der Waals surface area (Å²) < 4.78 is 0. The van der Waals surface area contributed by atoms with Gasteiger partial charge in [-0.25, -0.2) is 0 Å². The van der Waals surface area contributed by atoms with E-state index in [2.05, 4.69) is 13.8 Å². The van der Waals surface area contributed by atoms with Crippen molar-refractivity contribution in [2.75, 3.05) is 0 Å². The van der Waals surface area contributed by atoms with E-state index in [1.807, 2.05) is 0 Å². The first-order chi connectivity index (χ1) is 11.7. The summed E-state index contributed by atoms with van der Waals surface area (Å²) >= 11 is 0. The Kier molecular flexibility index (Phi) is 9.43. The van der Waals surface area contributed by atoms with Gasteiger partial charge in [0.15, 0.2) is 0 Å². The van der Waals surface area contributed by atoms with Gasteiger partial charge in [0.1, 0.15) is 6.29 Å². The molecule has 2 saturated carbocycles. The first-order valence-electron chi connectivity index (χ1n) is 11.2. The molecule has 0 spiro atoms. The molecule has 140 valence electrons. The zero-order valence-electron chi connectivity index (χ0n) is 16.5. The third kappa shape index (κ3) is 6.89. The van der Waals surface area contributed by atoms with Crippen molar-refractivity contribution in [1.29, 1.82) is 0 Å². The quantitative estimate of drug-likeness (QED) is 0.305. The van der Waals surface area contributed by atoms with Gasteiger partial charge in [0.25, 0.3) is 0 Å². The van der Waals surface area contributed by atoms with Crippen LogP contribution in [0.25, 0.3) is 0 Å². The summed E-state index contributed by atoms with van der Waals surface area (Å²) in [6.45, 7) is 4.96. The average molecular weight is 335 g/mol. The molecular weight excluding hydrogens is 292 g/mol. The molecule has 1 nitrogen and oxygen atoms in total. The molecule has 0 aliphatic heterocycles. The van der Waals surface area contributed by atoms with Crippen LogP contribution in [0.3, 0.4) is 0 Å². The van der Waals surface area contributed by atoms with Gasteiger partial charge < -0.3 is 4.79 Å². The van der Waals surface area contributed by atoms with Crippen molar-refractivity contribution in [2.24, 2.45) is 29.6 Å². The molecule has 2 aliphatic carbocycles. The third-order valence-corrected chi connectivity index (χ3v) is 7.40. The number of aldehydes is 1. The lowest BCUT2D eigenvalue weighted by atomic mass is 9.72. The Bertz CT molecular complexity index is 329. The van der Waals surface area contributed by atoms with Gasteiger partial charge in [0, 0.05) is 5.92 Å². The number of hydrogen-bond acceptors (Lipinski definition) is 1. The van der Waals surface area contributed by atoms with E-state index in [1.165, 1.54) is 89.8 Å². The van der Waals surface area contributed by atoms with Crippen LogP contribution >= 0.6 is 0 Å². The van der Waals surface area contributed by atoms with Gasteiger partial charge >= 0.3 is 0 Å². The Morgan fingerprint density at radius 1 is 0.750 bits per heavy atom. The van der Waals surface area contributed by atoms with Crippen molar-refractivity contribution in [1.82, 2.24) is 0 Å². The highest BCUT2D eigenvalue weighted by molar-refractivity contribution is 5.53. The minimum atomic E-state index is 0.385. The standard InChI is InChI=1S/C23H42O/c1-19-10-9-13-23(20(19)2)12-8-6-4-3-5-7-11-21-14-16-22(18-24)17-15-21/h18-23H,3-17H2,1-2H3. The summed E-state index contributed by atoms with van der Waals surface area (Å²) in [5, 5.41) is 0. The van der Waals surface area contributed by atoms with Crippen molar-refractivity contribution in [3.05, 3.63) is 0 Å². The molecule has 0 bridgehead atoms. The van der Waals surface area contributed by atoms with Crippen LogP contribution in [0.2, 0.25) is 0 Å². The van der Waals surface area contributed by atoms with Crippen molar-refractivity contribution in [3.63, 3.8) is 0 Å². The molecule has 0 aromatic heterocycles. The predicted molar refractivity (Wildman–Crippen MR) is 104 cm³/mol. The van der Waals surface area contributed by atoms with Crippen LogP contribution in [0.4, 0.5) is 0 Å². The highest BCUT2D eigenvalue weighted by Gasteiger charge is 2.26. The maximum absolute atomic E-state index is 10.8. The van der Waals surface area contributed by atoms with Gasteiger partial charge in [0.05, 0.1) is 0 Å². The fraction of sp³-hybridized carbons (Fsp3) is 0.957. The van der Waals surface area contributed by atoms with Gasteiger partial charge in [-0.15, -0.1) is 0 Å². The summed E-state index contributed by atoms with van der Waals surface area (Å²) in [7, 11) is 0. The van der Waals surface area contributed by atoms with Crippen molar-refractivity contribution in [3.8, 4) is 0 Å². The number of hydrogen-bond donors (Lipinski definition) is 0. The number of carbonyl (C=O) groups is 1. The molecule has 3 unspecified atom stereocenters. The van der Waals surface area contributed by atoms with Gasteiger partial charge in [-0.2, -0.15) is 0 Å². The van der Waals surface area contributed by atoms with E-state index in [9.17, 15) is 4.79 Å². The minimum absolute atomic E-state index is 0.385. The lowest BCUT2D eigenvalue weighted by Crippen LogP contribution is -2.23. The second kappa shape index (κ2) is 11.3. The van der Waals surface area contributed by atoms with E-state index in [4.69, 9.17) is 0 Å². The Balaban J connectivity index is 1.40. The van der Waals surface area contributed by atoms with Crippen molar-refractivity contribution >= 4 is 6.29 Å². The lowest BCUT2D eigenvalue weighted by molar-refractivity contribution is -0.112. The first-order valence-corrected chi connectivity index (χ1v) is 11.2. The van der Waals surface area contributed by atoms with Crippen molar-refractivity contribution in [2.45, 2.75) is 110 Å². The first kappa shape index (κ1) is 20.0. The van der Waals surface area contributed by atoms with Crippen LogP contribution in [0.15, 0.2) is 0 Å². The van der Waals surface area contributed by atoms with Gasteiger partial charge in [-0.1, -0.05) is 84.5 Å². The molecule has 0 N–H and O–H groups in total. The van der Waals surface area contributed by atoms with E-state index < -0.39 is 0 Å². The van der Waals surface area contributed by atoms with E-state index in [1.54, 1.807) is 0 Å². The van der Waals surface area contributed by atoms with Crippen LogP contribution in [0.1, 0.15) is 110 Å². The number of carbonyl (C=O) groups excluding carboxylic acids is 1. The number of rotatable bonds is 10. The van der Waals surface area contributed by atoms with E-state index in [-0.39, 0.29) is 0 Å². The second-order valence-corrected chi connectivity index (χ2v) is 9.14. The highest BCUT2D eigenvalue weighted by Crippen LogP contribution is 2.37. The zero-order chi connectivity index (χ0) is 17.2. The maximum Gasteiger partial charge on any atom is 0.123 e. The van der Waals surface area contributed by atoms with Crippen LogP contribution < -0.4 is 0 Å². The van der Waals surface area contributed by atoms with E-state index in [0.717, 1.165) is 36.5 Å². The Hall–Kier alpha value is -0.330. The third-order valence-electron chi connectivity index (χ3n) is 7.40. The van der Waals surface area contributed by atoms with Crippen LogP contribution in [-0.4, -0.2) is 6.29 Å². The van der Waals surface area contributed by atoms with Crippen LogP contribution in [0.5, 0.6) is 0 Å². The monoisotopic (exact) mass is 334 g/mol. The summed E-state index contributed by atoms with van der Waals surface area (Å²) in [5.74, 6) is 4.26. The molecule has 2 rings (SSSR count). The van der Waals surface area contributed by atoms with E-state index >= 15 is 0 Å². The molecule has 1 heteroatoms. The molecule has 3 atom stereocenters. The lowest BCUT2D eigenvalue weighted by Gasteiger charge is -2.34.